The zero-order valence-electron chi connectivity index (χ0n) is 14.9. The largest absolute Gasteiger partial charge is 0.392 e. The number of carbonyl (C=O) groups excluding carboxylic acids is 2. The van der Waals surface area contributed by atoms with Crippen molar-refractivity contribution in [3.05, 3.63) is 12.2 Å². The number of ketones is 1. The molecule has 5 nitrogen and oxygen atoms in total. The molecule has 138 valence electrons. The van der Waals surface area contributed by atoms with Crippen LogP contribution in [0.15, 0.2) is 12.2 Å². The van der Waals surface area contributed by atoms with Gasteiger partial charge < -0.3 is 20.1 Å². The highest BCUT2D eigenvalue weighted by Crippen LogP contribution is 2.70. The lowest BCUT2D eigenvalue weighted by Gasteiger charge is -2.65. The van der Waals surface area contributed by atoms with E-state index < -0.39 is 35.1 Å². The Labute approximate surface area is 148 Å². The van der Waals surface area contributed by atoms with Crippen molar-refractivity contribution in [1.82, 2.24) is 0 Å². The van der Waals surface area contributed by atoms with Crippen molar-refractivity contribution >= 4 is 12.1 Å². The van der Waals surface area contributed by atoms with Crippen LogP contribution in [-0.4, -0.2) is 45.7 Å². The molecule has 0 radical (unpaired) electrons. The van der Waals surface area contributed by atoms with Gasteiger partial charge in [-0.1, -0.05) is 26.8 Å². The minimum absolute atomic E-state index is 0.0607. The summed E-state index contributed by atoms with van der Waals surface area (Å²) >= 11 is 0. The summed E-state index contributed by atoms with van der Waals surface area (Å²) in [5.74, 6) is -1.37. The monoisotopic (exact) mass is 348 g/mol. The van der Waals surface area contributed by atoms with E-state index in [0.717, 1.165) is 25.5 Å². The van der Waals surface area contributed by atoms with Crippen molar-refractivity contribution < 1.29 is 24.9 Å². The molecule has 4 rings (SSSR count). The van der Waals surface area contributed by atoms with Crippen LogP contribution in [-0.2, 0) is 9.59 Å². The second kappa shape index (κ2) is 5.02. The van der Waals surface area contributed by atoms with Gasteiger partial charge in [-0.15, -0.1) is 0 Å². The number of aldehydes is 1. The van der Waals surface area contributed by atoms with Gasteiger partial charge in [0.05, 0.1) is 23.7 Å². The minimum Gasteiger partial charge on any atom is -0.392 e. The summed E-state index contributed by atoms with van der Waals surface area (Å²) in [6, 6.07) is 0. The first kappa shape index (κ1) is 17.4. The van der Waals surface area contributed by atoms with Gasteiger partial charge in [0.25, 0.3) is 0 Å². The zero-order chi connectivity index (χ0) is 18.4. The predicted octanol–water partition coefficient (Wildman–Crippen LogP) is 1.25. The third-order valence-corrected chi connectivity index (χ3v) is 8.48. The van der Waals surface area contributed by atoms with E-state index in [0.29, 0.717) is 12.8 Å². The maximum absolute atomic E-state index is 13.2. The number of Topliss-reactive ketones (excluding diaryl/α,β-unsaturated/α-hetero) is 1. The molecule has 4 aliphatic rings. The van der Waals surface area contributed by atoms with Crippen LogP contribution >= 0.6 is 0 Å². The SMILES string of the molecule is C=C1C(=O)[C@@]23[C@H](O)C[C@H]4[C@@](C)(CCC[C@]4(C)C=O)[C@@H]2C[C@H](O)[C@@H]1[C@H]3O. The molecule has 9 atom stereocenters. The van der Waals surface area contributed by atoms with Crippen LogP contribution in [0.2, 0.25) is 0 Å². The average molecular weight is 348 g/mol. The number of fused-ring (bicyclic) bond motifs is 3. The molecule has 5 heteroatoms. The van der Waals surface area contributed by atoms with Gasteiger partial charge in [-0.2, -0.15) is 0 Å². The maximum Gasteiger partial charge on any atom is 0.170 e. The van der Waals surface area contributed by atoms with Crippen molar-refractivity contribution in [2.45, 2.75) is 64.3 Å². The Morgan fingerprint density at radius 1 is 1.12 bits per heavy atom. The fraction of sp³-hybridized carbons (Fsp3) is 0.800. The molecule has 4 aliphatic carbocycles. The Kier molecular flexibility index (Phi) is 3.49. The van der Waals surface area contributed by atoms with Gasteiger partial charge in [-0.25, -0.2) is 0 Å². The quantitative estimate of drug-likeness (QED) is 0.490. The van der Waals surface area contributed by atoms with Crippen molar-refractivity contribution in [2.75, 3.05) is 0 Å². The van der Waals surface area contributed by atoms with Crippen LogP contribution in [0.3, 0.4) is 0 Å². The lowest BCUT2D eigenvalue weighted by Crippen LogP contribution is -2.68. The number of carbonyl (C=O) groups is 2. The molecule has 4 fully saturated rings. The number of rotatable bonds is 1. The summed E-state index contributed by atoms with van der Waals surface area (Å²) in [5.41, 5.74) is -1.94. The Bertz CT molecular complexity index is 658. The third kappa shape index (κ3) is 1.75. The van der Waals surface area contributed by atoms with E-state index >= 15 is 0 Å². The first-order valence-electron chi connectivity index (χ1n) is 9.38. The lowest BCUT2D eigenvalue weighted by atomic mass is 9.39. The van der Waals surface area contributed by atoms with E-state index in [1.165, 1.54) is 0 Å². The highest BCUT2D eigenvalue weighted by molar-refractivity contribution is 6.04. The van der Waals surface area contributed by atoms with Crippen LogP contribution in [0.5, 0.6) is 0 Å². The summed E-state index contributed by atoms with van der Waals surface area (Å²) in [6.45, 7) is 7.87. The first-order valence-corrected chi connectivity index (χ1v) is 9.38. The summed E-state index contributed by atoms with van der Waals surface area (Å²) in [5, 5.41) is 32.7. The van der Waals surface area contributed by atoms with Gasteiger partial charge in [0.15, 0.2) is 5.78 Å². The number of hydrogen-bond donors (Lipinski definition) is 3. The summed E-state index contributed by atoms with van der Waals surface area (Å²) in [4.78, 5) is 25.0. The molecule has 0 heterocycles. The molecule has 0 unspecified atom stereocenters. The van der Waals surface area contributed by atoms with E-state index in [1.54, 1.807) is 0 Å². The van der Waals surface area contributed by atoms with E-state index in [2.05, 4.69) is 13.5 Å². The van der Waals surface area contributed by atoms with E-state index in [9.17, 15) is 24.9 Å². The average Bonchev–Trinajstić information content (AvgIpc) is 2.69. The molecule has 0 saturated heterocycles. The second-order valence-corrected chi connectivity index (χ2v) is 9.40. The molecule has 2 bridgehead atoms. The number of aliphatic hydroxyl groups is 3. The minimum atomic E-state index is -1.27. The number of hydrogen-bond acceptors (Lipinski definition) is 5. The maximum atomic E-state index is 13.2. The molecular weight excluding hydrogens is 320 g/mol. The molecule has 1 spiro atoms. The van der Waals surface area contributed by atoms with Crippen molar-refractivity contribution in [3.8, 4) is 0 Å². The molecule has 0 amide bonds. The molecular formula is C20H28O5. The molecule has 0 aromatic carbocycles. The van der Waals surface area contributed by atoms with Crippen LogP contribution in [0.4, 0.5) is 0 Å². The predicted molar refractivity (Wildman–Crippen MR) is 90.4 cm³/mol. The van der Waals surface area contributed by atoms with Crippen LogP contribution in [0, 0.1) is 34.0 Å². The standard InChI is InChI=1S/C20H28O5/c1-10-15-11(22)7-13-19(3)6-4-5-18(2,9-21)12(19)8-14(23)20(13,16(10)24)17(15)25/h9,11-15,17,22-23,25H,1,4-8H2,2-3H3/t11-,12+,13-,14+,15+,17+,18+,19+,20-/m0/s1. The first-order chi connectivity index (χ1) is 11.6. The third-order valence-electron chi connectivity index (χ3n) is 8.48. The Morgan fingerprint density at radius 3 is 2.44 bits per heavy atom. The Morgan fingerprint density at radius 2 is 1.80 bits per heavy atom. The van der Waals surface area contributed by atoms with E-state index in [4.69, 9.17) is 0 Å². The summed E-state index contributed by atoms with van der Waals surface area (Å²) < 4.78 is 0. The summed E-state index contributed by atoms with van der Waals surface area (Å²) in [6.07, 6.45) is 1.25. The van der Waals surface area contributed by atoms with Crippen molar-refractivity contribution in [2.24, 2.45) is 34.0 Å². The van der Waals surface area contributed by atoms with Gasteiger partial charge in [-0.05, 0) is 48.5 Å². The fourth-order valence-corrected chi connectivity index (χ4v) is 7.30. The fourth-order valence-electron chi connectivity index (χ4n) is 7.30. The molecule has 0 aliphatic heterocycles. The lowest BCUT2D eigenvalue weighted by molar-refractivity contribution is -0.236. The molecule has 0 aromatic rings. The molecule has 25 heavy (non-hydrogen) atoms. The van der Waals surface area contributed by atoms with Gasteiger partial charge in [0.1, 0.15) is 6.29 Å². The van der Waals surface area contributed by atoms with Crippen LogP contribution < -0.4 is 0 Å². The normalized spacial score (nSPS) is 57.8. The van der Waals surface area contributed by atoms with E-state index in [-0.39, 0.29) is 28.6 Å². The van der Waals surface area contributed by atoms with Crippen molar-refractivity contribution in [1.29, 1.82) is 0 Å². The highest BCUT2D eigenvalue weighted by Gasteiger charge is 2.75. The summed E-state index contributed by atoms with van der Waals surface area (Å²) in [7, 11) is 0. The van der Waals surface area contributed by atoms with Gasteiger partial charge in [-0.3, -0.25) is 4.79 Å². The topological polar surface area (TPSA) is 94.8 Å². The number of aliphatic hydroxyl groups excluding tert-OH is 3. The zero-order valence-corrected chi connectivity index (χ0v) is 14.9. The van der Waals surface area contributed by atoms with E-state index in [1.807, 2.05) is 6.92 Å². The Balaban J connectivity index is 1.90. The van der Waals surface area contributed by atoms with Crippen molar-refractivity contribution in [3.63, 3.8) is 0 Å². The van der Waals surface area contributed by atoms with Crippen LogP contribution in [0.25, 0.3) is 0 Å². The molecule has 4 saturated carbocycles. The van der Waals surface area contributed by atoms with Gasteiger partial charge in [0.2, 0.25) is 0 Å². The smallest absolute Gasteiger partial charge is 0.170 e. The van der Waals surface area contributed by atoms with Crippen LogP contribution in [0.1, 0.15) is 46.0 Å². The molecule has 0 aromatic heterocycles. The Hall–Kier alpha value is -1.04. The van der Waals surface area contributed by atoms with Gasteiger partial charge in [0, 0.05) is 11.3 Å². The second-order valence-electron chi connectivity index (χ2n) is 9.40. The van der Waals surface area contributed by atoms with Gasteiger partial charge >= 0.3 is 0 Å². The highest BCUT2D eigenvalue weighted by atomic mass is 16.3. The molecule has 3 N–H and O–H groups in total.